The lowest BCUT2D eigenvalue weighted by Gasteiger charge is -2.09. The number of amides is 1. The molecule has 0 aliphatic heterocycles. The summed E-state index contributed by atoms with van der Waals surface area (Å²) in [6.07, 6.45) is 2.00. The zero-order chi connectivity index (χ0) is 15.5. The molecule has 0 saturated carbocycles. The first-order valence-electron chi connectivity index (χ1n) is 7.16. The third-order valence-electron chi connectivity index (χ3n) is 3.15. The van der Waals surface area contributed by atoms with Crippen molar-refractivity contribution in [1.82, 2.24) is 5.32 Å². The molecule has 1 aromatic carbocycles. The standard InChI is InChI=1S/C16H23NO4/c1-13(15(18)20-2)8-6-7-11-17-16(19)21-12-14-9-4-3-5-10-14/h3-5,9-10,13H,6-8,11-12H2,1-2H3,(H,17,19)/t13-/m0/s1. The Kier molecular flexibility index (Phi) is 7.94. The van der Waals surface area contributed by atoms with Gasteiger partial charge in [0.15, 0.2) is 0 Å². The average Bonchev–Trinajstić information content (AvgIpc) is 2.52. The van der Waals surface area contributed by atoms with Crippen LogP contribution in [0.5, 0.6) is 0 Å². The molecule has 5 heteroatoms. The predicted octanol–water partition coefficient (Wildman–Crippen LogP) is 2.89. The number of rotatable bonds is 8. The number of hydrogen-bond donors (Lipinski definition) is 1. The van der Waals surface area contributed by atoms with Crippen molar-refractivity contribution in [3.63, 3.8) is 0 Å². The Labute approximate surface area is 125 Å². The number of carbonyl (C=O) groups is 2. The maximum Gasteiger partial charge on any atom is 0.407 e. The molecule has 1 amide bonds. The molecule has 21 heavy (non-hydrogen) atoms. The van der Waals surface area contributed by atoms with Crippen molar-refractivity contribution >= 4 is 12.1 Å². The summed E-state index contributed by atoms with van der Waals surface area (Å²) >= 11 is 0. The number of nitrogens with one attached hydrogen (secondary N) is 1. The molecule has 1 N–H and O–H groups in total. The summed E-state index contributed by atoms with van der Waals surface area (Å²) in [5.74, 6) is -0.287. The van der Waals surface area contributed by atoms with Crippen LogP contribution in [-0.4, -0.2) is 25.7 Å². The van der Waals surface area contributed by atoms with Crippen LogP contribution in [0.4, 0.5) is 4.79 Å². The fraction of sp³-hybridized carbons (Fsp3) is 0.500. The minimum Gasteiger partial charge on any atom is -0.469 e. The van der Waals surface area contributed by atoms with E-state index < -0.39 is 6.09 Å². The van der Waals surface area contributed by atoms with Gasteiger partial charge in [0.25, 0.3) is 0 Å². The van der Waals surface area contributed by atoms with Gasteiger partial charge >= 0.3 is 12.1 Å². The molecule has 1 atom stereocenters. The van der Waals surface area contributed by atoms with Crippen molar-refractivity contribution in [1.29, 1.82) is 0 Å². The van der Waals surface area contributed by atoms with E-state index in [0.717, 1.165) is 24.8 Å². The van der Waals surface area contributed by atoms with Crippen molar-refractivity contribution in [3.8, 4) is 0 Å². The van der Waals surface area contributed by atoms with E-state index in [9.17, 15) is 9.59 Å². The fourth-order valence-corrected chi connectivity index (χ4v) is 1.86. The largest absolute Gasteiger partial charge is 0.469 e. The molecular formula is C16H23NO4. The van der Waals surface area contributed by atoms with Gasteiger partial charge < -0.3 is 14.8 Å². The van der Waals surface area contributed by atoms with Gasteiger partial charge in [0, 0.05) is 6.54 Å². The number of alkyl carbamates (subject to hydrolysis) is 1. The molecule has 1 aromatic rings. The molecular weight excluding hydrogens is 270 g/mol. The van der Waals surface area contributed by atoms with Crippen LogP contribution in [0.25, 0.3) is 0 Å². The van der Waals surface area contributed by atoms with E-state index in [2.05, 4.69) is 10.1 Å². The Hall–Kier alpha value is -2.04. The quantitative estimate of drug-likeness (QED) is 0.591. The number of carbonyl (C=O) groups excluding carboxylic acids is 2. The van der Waals surface area contributed by atoms with Gasteiger partial charge in [-0.05, 0) is 18.4 Å². The second-order valence-corrected chi connectivity index (χ2v) is 4.91. The maximum absolute atomic E-state index is 11.5. The first kappa shape index (κ1) is 17.0. The minimum absolute atomic E-state index is 0.0972. The fourth-order valence-electron chi connectivity index (χ4n) is 1.86. The molecule has 0 fully saturated rings. The highest BCUT2D eigenvalue weighted by molar-refractivity contribution is 5.71. The van der Waals surface area contributed by atoms with E-state index in [1.165, 1.54) is 7.11 Å². The SMILES string of the molecule is COC(=O)[C@@H](C)CCCCNC(=O)OCc1ccccc1. The first-order chi connectivity index (χ1) is 10.1. The van der Waals surface area contributed by atoms with Crippen molar-refractivity contribution in [3.05, 3.63) is 35.9 Å². The van der Waals surface area contributed by atoms with Crippen molar-refractivity contribution in [2.24, 2.45) is 5.92 Å². The summed E-state index contributed by atoms with van der Waals surface area (Å²) in [4.78, 5) is 22.7. The summed E-state index contributed by atoms with van der Waals surface area (Å²) in [5.41, 5.74) is 0.958. The van der Waals surface area contributed by atoms with Crippen LogP contribution in [0.1, 0.15) is 31.7 Å². The molecule has 1 rings (SSSR count). The van der Waals surface area contributed by atoms with Crippen molar-refractivity contribution < 1.29 is 19.1 Å². The number of ether oxygens (including phenoxy) is 2. The lowest BCUT2D eigenvalue weighted by molar-refractivity contribution is -0.145. The molecule has 0 radical (unpaired) electrons. The Balaban J connectivity index is 2.05. The smallest absolute Gasteiger partial charge is 0.407 e. The van der Waals surface area contributed by atoms with Gasteiger partial charge in [-0.25, -0.2) is 4.79 Å². The second-order valence-electron chi connectivity index (χ2n) is 4.91. The lowest BCUT2D eigenvalue weighted by Crippen LogP contribution is -2.25. The summed E-state index contributed by atoms with van der Waals surface area (Å²) < 4.78 is 9.74. The van der Waals surface area contributed by atoms with Gasteiger partial charge in [-0.3, -0.25) is 4.79 Å². The molecule has 0 spiro atoms. The predicted molar refractivity (Wildman–Crippen MR) is 79.7 cm³/mol. The van der Waals surface area contributed by atoms with E-state index in [1.54, 1.807) is 0 Å². The highest BCUT2D eigenvalue weighted by Gasteiger charge is 2.12. The monoisotopic (exact) mass is 293 g/mol. The Morgan fingerprint density at radius 1 is 1.19 bits per heavy atom. The van der Waals surface area contributed by atoms with Crippen LogP contribution in [0, 0.1) is 5.92 Å². The Morgan fingerprint density at radius 3 is 2.57 bits per heavy atom. The van der Waals surface area contributed by atoms with Gasteiger partial charge in [-0.15, -0.1) is 0 Å². The normalized spacial score (nSPS) is 11.5. The van der Waals surface area contributed by atoms with E-state index in [4.69, 9.17) is 4.74 Å². The number of hydrogen-bond acceptors (Lipinski definition) is 4. The minimum atomic E-state index is -0.417. The molecule has 0 unspecified atom stereocenters. The summed E-state index contributed by atoms with van der Waals surface area (Å²) in [6.45, 7) is 2.65. The summed E-state index contributed by atoms with van der Waals surface area (Å²) in [7, 11) is 1.39. The Bertz CT molecular complexity index is 433. The van der Waals surface area contributed by atoms with Crippen LogP contribution in [0.2, 0.25) is 0 Å². The van der Waals surface area contributed by atoms with Crippen molar-refractivity contribution in [2.75, 3.05) is 13.7 Å². The van der Waals surface area contributed by atoms with Gasteiger partial charge in [0.2, 0.25) is 0 Å². The van der Waals surface area contributed by atoms with E-state index in [0.29, 0.717) is 6.54 Å². The van der Waals surface area contributed by atoms with Gasteiger partial charge in [0.1, 0.15) is 6.61 Å². The molecule has 0 aromatic heterocycles. The van der Waals surface area contributed by atoms with Crippen LogP contribution < -0.4 is 5.32 Å². The van der Waals surface area contributed by atoms with Crippen LogP contribution in [0.3, 0.4) is 0 Å². The van der Waals surface area contributed by atoms with Crippen molar-refractivity contribution in [2.45, 2.75) is 32.8 Å². The molecule has 0 aliphatic rings. The lowest BCUT2D eigenvalue weighted by atomic mass is 10.0. The average molecular weight is 293 g/mol. The van der Waals surface area contributed by atoms with Gasteiger partial charge in [-0.1, -0.05) is 43.7 Å². The molecule has 0 aliphatic carbocycles. The summed E-state index contributed by atoms with van der Waals surface area (Å²) in [6, 6.07) is 9.53. The third-order valence-corrected chi connectivity index (χ3v) is 3.15. The number of methoxy groups -OCH3 is 1. The molecule has 5 nitrogen and oxygen atoms in total. The molecule has 116 valence electrons. The van der Waals surface area contributed by atoms with E-state index in [1.807, 2.05) is 37.3 Å². The first-order valence-corrected chi connectivity index (χ1v) is 7.16. The molecule has 0 bridgehead atoms. The zero-order valence-electron chi connectivity index (χ0n) is 12.6. The zero-order valence-corrected chi connectivity index (χ0v) is 12.6. The highest BCUT2D eigenvalue weighted by atomic mass is 16.5. The van der Waals surface area contributed by atoms with Gasteiger partial charge in [-0.2, -0.15) is 0 Å². The molecule has 0 heterocycles. The second kappa shape index (κ2) is 9.80. The topological polar surface area (TPSA) is 64.6 Å². The number of unbranched alkanes of at least 4 members (excludes halogenated alkanes) is 1. The van der Waals surface area contributed by atoms with Gasteiger partial charge in [0.05, 0.1) is 13.0 Å². The van der Waals surface area contributed by atoms with Crippen LogP contribution in [-0.2, 0) is 20.9 Å². The Morgan fingerprint density at radius 2 is 1.90 bits per heavy atom. The third kappa shape index (κ3) is 7.34. The number of esters is 1. The van der Waals surface area contributed by atoms with E-state index >= 15 is 0 Å². The summed E-state index contributed by atoms with van der Waals surface area (Å²) in [5, 5.41) is 2.69. The highest BCUT2D eigenvalue weighted by Crippen LogP contribution is 2.08. The van der Waals surface area contributed by atoms with E-state index in [-0.39, 0.29) is 18.5 Å². The molecule has 0 saturated heterocycles. The number of benzene rings is 1. The maximum atomic E-state index is 11.5. The van der Waals surface area contributed by atoms with Crippen LogP contribution >= 0.6 is 0 Å². The van der Waals surface area contributed by atoms with Crippen LogP contribution in [0.15, 0.2) is 30.3 Å².